The summed E-state index contributed by atoms with van der Waals surface area (Å²) in [5, 5.41) is 5.85. The maximum atomic E-state index is 13.1. The molecule has 9 heteroatoms. The Balaban J connectivity index is 1.47. The SMILES string of the molecule is CC(C)(C)OC(=O)N1C[C@@H](NC(=O)c2ccncc2)[C@H](NC(=O)c2ccc(C(=O)c3ccccc3)cc2)C1. The number of amides is 3. The van der Waals surface area contributed by atoms with Gasteiger partial charge in [0.15, 0.2) is 5.78 Å². The third-order valence-corrected chi connectivity index (χ3v) is 5.99. The third kappa shape index (κ3) is 6.61. The molecule has 2 heterocycles. The number of benzene rings is 2. The van der Waals surface area contributed by atoms with Gasteiger partial charge >= 0.3 is 6.09 Å². The van der Waals surface area contributed by atoms with E-state index in [1.54, 1.807) is 81.4 Å². The highest BCUT2D eigenvalue weighted by atomic mass is 16.6. The smallest absolute Gasteiger partial charge is 0.410 e. The summed E-state index contributed by atoms with van der Waals surface area (Å²) in [4.78, 5) is 56.7. The molecule has 0 spiro atoms. The van der Waals surface area contributed by atoms with Crippen LogP contribution in [0.5, 0.6) is 0 Å². The average Bonchev–Trinajstić information content (AvgIpc) is 3.30. The molecule has 3 amide bonds. The average molecular weight is 515 g/mol. The fraction of sp³-hybridized carbons (Fsp3) is 0.276. The highest BCUT2D eigenvalue weighted by molar-refractivity contribution is 6.09. The Morgan fingerprint density at radius 3 is 1.74 bits per heavy atom. The molecule has 38 heavy (non-hydrogen) atoms. The van der Waals surface area contributed by atoms with Crippen LogP contribution < -0.4 is 10.6 Å². The van der Waals surface area contributed by atoms with Gasteiger partial charge in [-0.1, -0.05) is 42.5 Å². The number of nitrogens with zero attached hydrogens (tertiary/aromatic N) is 2. The molecule has 0 saturated carbocycles. The van der Waals surface area contributed by atoms with E-state index >= 15 is 0 Å². The number of nitrogens with one attached hydrogen (secondary N) is 2. The van der Waals surface area contributed by atoms with E-state index in [9.17, 15) is 19.2 Å². The second kappa shape index (κ2) is 11.2. The predicted molar refractivity (Wildman–Crippen MR) is 141 cm³/mol. The van der Waals surface area contributed by atoms with Crippen LogP contribution in [-0.2, 0) is 4.74 Å². The molecule has 1 aromatic heterocycles. The van der Waals surface area contributed by atoms with Crippen molar-refractivity contribution >= 4 is 23.7 Å². The molecular formula is C29H30N4O5. The zero-order valence-electron chi connectivity index (χ0n) is 21.5. The lowest BCUT2D eigenvalue weighted by molar-refractivity contribution is 0.0286. The molecule has 1 saturated heterocycles. The van der Waals surface area contributed by atoms with Crippen molar-refractivity contribution in [1.82, 2.24) is 20.5 Å². The van der Waals surface area contributed by atoms with Crippen LogP contribution in [0.3, 0.4) is 0 Å². The lowest BCUT2D eigenvalue weighted by Gasteiger charge is -2.24. The Morgan fingerprint density at radius 2 is 1.21 bits per heavy atom. The molecule has 2 N–H and O–H groups in total. The van der Waals surface area contributed by atoms with Gasteiger partial charge in [0.05, 0.1) is 12.1 Å². The van der Waals surface area contributed by atoms with E-state index in [4.69, 9.17) is 4.74 Å². The van der Waals surface area contributed by atoms with Gasteiger partial charge in [-0.25, -0.2) is 4.79 Å². The van der Waals surface area contributed by atoms with Gasteiger partial charge in [-0.3, -0.25) is 19.4 Å². The van der Waals surface area contributed by atoms with Crippen LogP contribution in [0.25, 0.3) is 0 Å². The summed E-state index contributed by atoms with van der Waals surface area (Å²) >= 11 is 0. The van der Waals surface area contributed by atoms with Crippen LogP contribution in [0.4, 0.5) is 4.79 Å². The highest BCUT2D eigenvalue weighted by Crippen LogP contribution is 2.18. The van der Waals surface area contributed by atoms with Gasteiger partial charge in [0.1, 0.15) is 5.60 Å². The van der Waals surface area contributed by atoms with Crippen molar-refractivity contribution in [3.63, 3.8) is 0 Å². The number of carbonyl (C=O) groups excluding carboxylic acids is 4. The second-order valence-electron chi connectivity index (χ2n) is 10.1. The molecule has 2 aromatic carbocycles. The van der Waals surface area contributed by atoms with Crippen molar-refractivity contribution in [1.29, 1.82) is 0 Å². The molecule has 1 fully saturated rings. The zero-order chi connectivity index (χ0) is 27.3. The van der Waals surface area contributed by atoms with E-state index in [2.05, 4.69) is 15.6 Å². The van der Waals surface area contributed by atoms with E-state index in [1.807, 2.05) is 6.07 Å². The molecule has 1 aliphatic rings. The summed E-state index contributed by atoms with van der Waals surface area (Å²) in [5.74, 6) is -0.866. The molecule has 2 atom stereocenters. The Kier molecular flexibility index (Phi) is 7.85. The number of ketones is 1. The van der Waals surface area contributed by atoms with Crippen LogP contribution in [0, 0.1) is 0 Å². The van der Waals surface area contributed by atoms with Crippen molar-refractivity contribution in [3.05, 3.63) is 101 Å². The molecular weight excluding hydrogens is 484 g/mol. The highest BCUT2D eigenvalue weighted by Gasteiger charge is 2.39. The number of aromatic nitrogens is 1. The minimum atomic E-state index is -0.687. The maximum Gasteiger partial charge on any atom is 0.410 e. The van der Waals surface area contributed by atoms with Crippen LogP contribution in [0.2, 0.25) is 0 Å². The van der Waals surface area contributed by atoms with Gasteiger partial charge < -0.3 is 20.3 Å². The minimum Gasteiger partial charge on any atom is -0.444 e. The van der Waals surface area contributed by atoms with Gasteiger partial charge in [0, 0.05) is 47.7 Å². The molecule has 196 valence electrons. The quantitative estimate of drug-likeness (QED) is 0.487. The number of hydrogen-bond donors (Lipinski definition) is 2. The topological polar surface area (TPSA) is 118 Å². The number of likely N-dealkylation sites (tertiary alicyclic amines) is 1. The number of ether oxygens (including phenoxy) is 1. The number of carbonyl (C=O) groups is 4. The Morgan fingerprint density at radius 1 is 0.737 bits per heavy atom. The molecule has 4 rings (SSSR count). The first-order chi connectivity index (χ1) is 18.1. The van der Waals surface area contributed by atoms with Gasteiger partial charge in [0.25, 0.3) is 11.8 Å². The summed E-state index contributed by atoms with van der Waals surface area (Å²) < 4.78 is 5.49. The number of hydrogen-bond acceptors (Lipinski definition) is 6. The minimum absolute atomic E-state index is 0.139. The number of rotatable bonds is 6. The largest absolute Gasteiger partial charge is 0.444 e. The molecule has 0 bridgehead atoms. The van der Waals surface area contributed by atoms with Gasteiger partial charge in [-0.2, -0.15) is 0 Å². The fourth-order valence-electron chi connectivity index (χ4n) is 4.11. The van der Waals surface area contributed by atoms with Crippen LogP contribution in [0.15, 0.2) is 79.1 Å². The van der Waals surface area contributed by atoms with E-state index < -0.39 is 23.8 Å². The van der Waals surface area contributed by atoms with Gasteiger partial charge in [-0.15, -0.1) is 0 Å². The zero-order valence-corrected chi connectivity index (χ0v) is 21.5. The van der Waals surface area contributed by atoms with Crippen molar-refractivity contribution < 1.29 is 23.9 Å². The van der Waals surface area contributed by atoms with E-state index in [0.29, 0.717) is 22.3 Å². The van der Waals surface area contributed by atoms with E-state index in [-0.39, 0.29) is 30.7 Å². The van der Waals surface area contributed by atoms with Crippen molar-refractivity contribution in [2.24, 2.45) is 0 Å². The second-order valence-corrected chi connectivity index (χ2v) is 10.1. The van der Waals surface area contributed by atoms with Gasteiger partial charge in [0.2, 0.25) is 0 Å². The van der Waals surface area contributed by atoms with Crippen LogP contribution in [-0.4, -0.2) is 64.3 Å². The molecule has 0 unspecified atom stereocenters. The fourth-order valence-corrected chi connectivity index (χ4v) is 4.11. The summed E-state index contributed by atoms with van der Waals surface area (Å²) in [5.41, 5.74) is 1.11. The summed E-state index contributed by atoms with van der Waals surface area (Å²) in [6, 6.07) is 17.3. The predicted octanol–water partition coefficient (Wildman–Crippen LogP) is 3.46. The Bertz CT molecular complexity index is 1300. The van der Waals surface area contributed by atoms with Crippen LogP contribution in [0.1, 0.15) is 57.4 Å². The third-order valence-electron chi connectivity index (χ3n) is 5.99. The lowest BCUT2D eigenvalue weighted by Crippen LogP contribution is -2.51. The van der Waals surface area contributed by atoms with E-state index in [1.165, 1.54) is 17.3 Å². The van der Waals surface area contributed by atoms with Crippen molar-refractivity contribution in [3.8, 4) is 0 Å². The maximum absolute atomic E-state index is 13.1. The monoisotopic (exact) mass is 514 g/mol. The molecule has 1 aliphatic heterocycles. The molecule has 9 nitrogen and oxygen atoms in total. The van der Waals surface area contributed by atoms with Crippen molar-refractivity contribution in [2.45, 2.75) is 38.5 Å². The number of pyridine rings is 1. The molecule has 0 aliphatic carbocycles. The van der Waals surface area contributed by atoms with E-state index in [0.717, 1.165) is 0 Å². The Labute approximate surface area is 221 Å². The summed E-state index contributed by atoms with van der Waals surface area (Å²) in [6.45, 7) is 5.65. The first-order valence-electron chi connectivity index (χ1n) is 12.3. The molecule has 0 radical (unpaired) electrons. The first-order valence-corrected chi connectivity index (χ1v) is 12.3. The van der Waals surface area contributed by atoms with Crippen molar-refractivity contribution in [2.75, 3.05) is 13.1 Å². The molecule has 3 aromatic rings. The van der Waals surface area contributed by atoms with Gasteiger partial charge in [-0.05, 0) is 45.0 Å². The Hall–Kier alpha value is -4.53. The lowest BCUT2D eigenvalue weighted by atomic mass is 10.0. The van der Waals surface area contributed by atoms with Crippen LogP contribution >= 0.6 is 0 Å². The summed E-state index contributed by atoms with van der Waals surface area (Å²) in [6.07, 6.45) is 2.51. The normalized spacial score (nSPS) is 17.0. The first kappa shape index (κ1) is 26.5. The summed E-state index contributed by atoms with van der Waals surface area (Å²) in [7, 11) is 0. The standard InChI is InChI=1S/C29H30N4O5/c1-29(2,3)38-28(37)33-17-23(24(18-33)32-27(36)22-13-15-30-16-14-22)31-26(35)21-11-9-20(10-12-21)25(34)19-7-5-4-6-8-19/h4-16,23-24H,17-18H2,1-3H3,(H,31,35)(H,32,36)/t23-,24-/m1/s1.